The summed E-state index contributed by atoms with van der Waals surface area (Å²) in [5, 5.41) is 2.59. The normalized spacial score (nSPS) is 20.8. The summed E-state index contributed by atoms with van der Waals surface area (Å²) < 4.78 is 10.7. The number of ether oxygens (including phenoxy) is 2. The van der Waals surface area contributed by atoms with Crippen LogP contribution in [0.15, 0.2) is 0 Å². The zero-order valence-corrected chi connectivity index (χ0v) is 13.8. The van der Waals surface area contributed by atoms with Crippen molar-refractivity contribution < 1.29 is 19.1 Å². The van der Waals surface area contributed by atoms with E-state index in [1.807, 2.05) is 6.92 Å². The molecule has 21 heavy (non-hydrogen) atoms. The lowest BCUT2D eigenvalue weighted by Gasteiger charge is -2.34. The summed E-state index contributed by atoms with van der Waals surface area (Å²) in [5.74, 6) is -0.0923. The molecule has 0 aromatic carbocycles. The van der Waals surface area contributed by atoms with Crippen LogP contribution in [-0.2, 0) is 14.3 Å². The first-order valence-electron chi connectivity index (χ1n) is 7.63. The van der Waals surface area contributed by atoms with Crippen LogP contribution in [0.2, 0.25) is 0 Å². The Kier molecular flexibility index (Phi) is 6.45. The first-order valence-corrected chi connectivity index (χ1v) is 7.63. The molecule has 6 heteroatoms. The summed E-state index contributed by atoms with van der Waals surface area (Å²) in [4.78, 5) is 25.8. The van der Waals surface area contributed by atoms with E-state index in [4.69, 9.17) is 9.47 Å². The Labute approximate surface area is 127 Å². The van der Waals surface area contributed by atoms with Crippen molar-refractivity contribution in [3.05, 3.63) is 0 Å². The third-order valence-corrected chi connectivity index (χ3v) is 3.20. The monoisotopic (exact) mass is 300 g/mol. The molecule has 0 aromatic heterocycles. The van der Waals surface area contributed by atoms with Crippen molar-refractivity contribution in [2.75, 3.05) is 19.7 Å². The maximum atomic E-state index is 12.3. The van der Waals surface area contributed by atoms with Crippen LogP contribution in [0.3, 0.4) is 0 Å². The van der Waals surface area contributed by atoms with E-state index in [2.05, 4.69) is 5.32 Å². The smallest absolute Gasteiger partial charge is 0.408 e. The number of likely N-dealkylation sites (tertiary alicyclic amines) is 1. The number of nitrogens with one attached hydrogen (secondary N) is 1. The number of nitrogens with zero attached hydrogens (tertiary/aromatic N) is 1. The maximum absolute atomic E-state index is 12.3. The van der Waals surface area contributed by atoms with Gasteiger partial charge in [-0.15, -0.1) is 0 Å². The van der Waals surface area contributed by atoms with E-state index >= 15 is 0 Å². The molecule has 122 valence electrons. The molecule has 0 saturated carbocycles. The van der Waals surface area contributed by atoms with E-state index in [9.17, 15) is 9.59 Å². The number of carbonyl (C=O) groups excluding carboxylic acids is 2. The van der Waals surface area contributed by atoms with Crippen LogP contribution >= 0.6 is 0 Å². The van der Waals surface area contributed by atoms with Crippen molar-refractivity contribution in [1.29, 1.82) is 0 Å². The van der Waals surface area contributed by atoms with Crippen LogP contribution in [0.25, 0.3) is 0 Å². The van der Waals surface area contributed by atoms with E-state index in [1.54, 1.807) is 32.6 Å². The van der Waals surface area contributed by atoms with Gasteiger partial charge in [-0.25, -0.2) is 4.79 Å². The van der Waals surface area contributed by atoms with Crippen LogP contribution in [0.5, 0.6) is 0 Å². The van der Waals surface area contributed by atoms with Crippen molar-refractivity contribution in [2.24, 2.45) is 0 Å². The number of carbonyl (C=O) groups is 2. The quantitative estimate of drug-likeness (QED) is 0.861. The van der Waals surface area contributed by atoms with Crippen LogP contribution in [0.4, 0.5) is 4.79 Å². The molecule has 2 unspecified atom stereocenters. The average molecular weight is 300 g/mol. The molecule has 1 N–H and O–H groups in total. The lowest BCUT2D eigenvalue weighted by molar-refractivity contribution is -0.137. The third kappa shape index (κ3) is 6.33. The molecule has 6 nitrogen and oxygen atoms in total. The Morgan fingerprint density at radius 3 is 2.62 bits per heavy atom. The summed E-state index contributed by atoms with van der Waals surface area (Å²) in [6.07, 6.45) is 1.43. The minimum Gasteiger partial charge on any atom is -0.444 e. The van der Waals surface area contributed by atoms with Crippen LogP contribution in [-0.4, -0.2) is 54.3 Å². The Morgan fingerprint density at radius 1 is 1.38 bits per heavy atom. The van der Waals surface area contributed by atoms with Gasteiger partial charge in [0.2, 0.25) is 5.91 Å². The summed E-state index contributed by atoms with van der Waals surface area (Å²) in [6.45, 7) is 10.9. The van der Waals surface area contributed by atoms with Crippen molar-refractivity contribution in [2.45, 2.75) is 65.2 Å². The summed E-state index contributed by atoms with van der Waals surface area (Å²) in [5.41, 5.74) is -0.571. The lowest BCUT2D eigenvalue weighted by atomic mass is 10.1. The van der Waals surface area contributed by atoms with Gasteiger partial charge in [0.25, 0.3) is 0 Å². The Hall–Kier alpha value is -1.30. The van der Waals surface area contributed by atoms with Gasteiger partial charge in [-0.3, -0.25) is 4.79 Å². The van der Waals surface area contributed by atoms with Crippen LogP contribution < -0.4 is 5.32 Å². The highest BCUT2D eigenvalue weighted by Crippen LogP contribution is 2.14. The third-order valence-electron chi connectivity index (χ3n) is 3.20. The molecular weight excluding hydrogens is 272 g/mol. The highest BCUT2D eigenvalue weighted by atomic mass is 16.6. The standard InChI is InChI=1S/C15H28N2O4/c1-6-20-12-8-7-9-17(10-12)13(18)11(2)16-14(19)21-15(3,4)5/h11-12H,6-10H2,1-5H3,(H,16,19). The second-order valence-electron chi connectivity index (χ2n) is 6.37. The van der Waals surface area contributed by atoms with E-state index in [1.165, 1.54) is 0 Å². The topological polar surface area (TPSA) is 67.9 Å². The van der Waals surface area contributed by atoms with Crippen molar-refractivity contribution in [3.63, 3.8) is 0 Å². The van der Waals surface area contributed by atoms with Gasteiger partial charge in [0.05, 0.1) is 6.10 Å². The average Bonchev–Trinajstić information content (AvgIpc) is 2.36. The fourth-order valence-electron chi connectivity index (χ4n) is 2.33. The van der Waals surface area contributed by atoms with E-state index in [0.29, 0.717) is 19.7 Å². The Morgan fingerprint density at radius 2 is 2.05 bits per heavy atom. The molecule has 1 heterocycles. The SMILES string of the molecule is CCOC1CCCN(C(=O)C(C)NC(=O)OC(C)(C)C)C1. The number of alkyl carbamates (subject to hydrolysis) is 1. The van der Waals surface area contributed by atoms with Crippen LogP contribution in [0.1, 0.15) is 47.5 Å². The summed E-state index contributed by atoms with van der Waals surface area (Å²) in [6, 6.07) is -0.597. The van der Waals surface area contributed by atoms with Gasteiger partial charge in [0, 0.05) is 19.7 Å². The summed E-state index contributed by atoms with van der Waals surface area (Å²) in [7, 11) is 0. The molecule has 2 amide bonds. The molecule has 1 saturated heterocycles. The zero-order valence-electron chi connectivity index (χ0n) is 13.8. The second kappa shape index (κ2) is 7.64. The molecule has 0 bridgehead atoms. The van der Waals surface area contributed by atoms with Crippen molar-refractivity contribution in [1.82, 2.24) is 10.2 Å². The Bertz CT molecular complexity index is 363. The molecule has 2 atom stereocenters. The van der Waals surface area contributed by atoms with Gasteiger partial charge in [0.15, 0.2) is 0 Å². The summed E-state index contributed by atoms with van der Waals surface area (Å²) >= 11 is 0. The maximum Gasteiger partial charge on any atom is 0.408 e. The molecule has 0 spiro atoms. The first kappa shape index (κ1) is 17.8. The lowest BCUT2D eigenvalue weighted by Crippen LogP contribution is -2.52. The van der Waals surface area contributed by atoms with Crippen molar-refractivity contribution >= 4 is 12.0 Å². The molecule has 1 fully saturated rings. The molecule has 0 aliphatic carbocycles. The first-order chi connectivity index (χ1) is 9.73. The van der Waals surface area contributed by atoms with E-state index < -0.39 is 17.7 Å². The number of hydrogen-bond acceptors (Lipinski definition) is 4. The molecule has 1 aliphatic rings. The molecule has 0 aromatic rings. The minimum atomic E-state index is -0.597. The fourth-order valence-corrected chi connectivity index (χ4v) is 2.33. The van der Waals surface area contributed by atoms with Gasteiger partial charge in [0.1, 0.15) is 11.6 Å². The largest absolute Gasteiger partial charge is 0.444 e. The predicted molar refractivity (Wildman–Crippen MR) is 80.1 cm³/mol. The fraction of sp³-hybridized carbons (Fsp3) is 0.867. The second-order valence-corrected chi connectivity index (χ2v) is 6.37. The van der Waals surface area contributed by atoms with Gasteiger partial charge in [-0.05, 0) is 47.5 Å². The highest BCUT2D eigenvalue weighted by molar-refractivity contribution is 5.85. The van der Waals surface area contributed by atoms with Gasteiger partial charge >= 0.3 is 6.09 Å². The molecular formula is C15H28N2O4. The molecule has 1 aliphatic heterocycles. The van der Waals surface area contributed by atoms with Gasteiger partial charge in [-0.1, -0.05) is 0 Å². The number of rotatable bonds is 4. The molecule has 0 radical (unpaired) electrons. The van der Waals surface area contributed by atoms with Crippen LogP contribution in [0, 0.1) is 0 Å². The number of hydrogen-bond donors (Lipinski definition) is 1. The Balaban J connectivity index is 2.48. The van der Waals surface area contributed by atoms with E-state index in [0.717, 1.165) is 12.8 Å². The molecule has 1 rings (SSSR count). The highest BCUT2D eigenvalue weighted by Gasteiger charge is 2.28. The number of amides is 2. The van der Waals surface area contributed by atoms with Crippen molar-refractivity contribution in [3.8, 4) is 0 Å². The number of piperidine rings is 1. The minimum absolute atomic E-state index is 0.0923. The zero-order chi connectivity index (χ0) is 16.0. The van der Waals surface area contributed by atoms with Gasteiger partial charge < -0.3 is 19.7 Å². The van der Waals surface area contributed by atoms with Gasteiger partial charge in [-0.2, -0.15) is 0 Å². The van der Waals surface area contributed by atoms with E-state index in [-0.39, 0.29) is 12.0 Å². The predicted octanol–water partition coefficient (Wildman–Crippen LogP) is 1.93.